The third kappa shape index (κ3) is 4.55. The lowest BCUT2D eigenvalue weighted by Gasteiger charge is -2.14. The quantitative estimate of drug-likeness (QED) is 0.320. The van der Waals surface area contributed by atoms with Crippen LogP contribution in [0.1, 0.15) is 35.2 Å². The first-order chi connectivity index (χ1) is 16.6. The van der Waals surface area contributed by atoms with Gasteiger partial charge in [-0.1, -0.05) is 24.3 Å². The van der Waals surface area contributed by atoms with Crippen LogP contribution in [0.25, 0.3) is 16.7 Å². The largest absolute Gasteiger partial charge is 0.366 e. The summed E-state index contributed by atoms with van der Waals surface area (Å²) in [5, 5.41) is 15.6. The minimum absolute atomic E-state index is 0.431. The highest BCUT2D eigenvalue weighted by Gasteiger charge is 2.17. The third-order valence-electron chi connectivity index (χ3n) is 6.14. The number of aromatic nitrogens is 4. The molecule has 0 radical (unpaired) electrons. The second-order valence-corrected chi connectivity index (χ2v) is 8.55. The average molecular weight is 457 g/mol. The van der Waals surface area contributed by atoms with Crippen LogP contribution in [0.5, 0.6) is 0 Å². The molecular weight excluding hydrogens is 428 g/mol. The number of amides is 1. The molecule has 1 amide bonds. The highest BCUT2D eigenvalue weighted by atomic mass is 16.1. The van der Waals surface area contributed by atoms with Crippen LogP contribution in [0.15, 0.2) is 54.7 Å². The van der Waals surface area contributed by atoms with Crippen molar-refractivity contribution in [1.29, 1.82) is 0 Å². The van der Waals surface area contributed by atoms with Gasteiger partial charge in [-0.25, -0.2) is 4.68 Å². The standard InChI is InChI=1S/C25H28N8O/c1-16-9-10-17(22(26)34)14-21(16)30-23-20-15-29-33(19-7-3-2-4-8-19)24(20)32-25(31-23)28-13-11-18-6-5-12-27-18/h2-4,7-10,14-15,18,27H,5-6,11-13H2,1H3,(H2,26,34)(H2,28,30,31,32). The van der Waals surface area contributed by atoms with Gasteiger partial charge in [0.05, 0.1) is 17.3 Å². The van der Waals surface area contributed by atoms with E-state index in [2.05, 4.69) is 21.0 Å². The molecule has 1 fully saturated rings. The summed E-state index contributed by atoms with van der Waals surface area (Å²) in [6, 6.07) is 15.7. The minimum atomic E-state index is -0.476. The lowest BCUT2D eigenvalue weighted by Crippen LogP contribution is -2.24. The Morgan fingerprint density at radius 2 is 2.06 bits per heavy atom. The normalized spacial score (nSPS) is 15.5. The number of para-hydroxylation sites is 1. The molecule has 4 aromatic rings. The molecule has 5 rings (SSSR count). The number of hydrogen-bond acceptors (Lipinski definition) is 7. The van der Waals surface area contributed by atoms with Gasteiger partial charge in [-0.3, -0.25) is 4.79 Å². The highest BCUT2D eigenvalue weighted by Crippen LogP contribution is 2.29. The number of carbonyl (C=O) groups excluding carboxylic acids is 1. The van der Waals surface area contributed by atoms with Gasteiger partial charge in [0.1, 0.15) is 5.82 Å². The Bertz CT molecular complexity index is 1310. The van der Waals surface area contributed by atoms with Crippen LogP contribution in [0.4, 0.5) is 17.5 Å². The molecule has 0 bridgehead atoms. The van der Waals surface area contributed by atoms with Crippen molar-refractivity contribution < 1.29 is 4.79 Å². The Morgan fingerprint density at radius 3 is 2.82 bits per heavy atom. The molecule has 1 atom stereocenters. The number of carbonyl (C=O) groups is 1. The van der Waals surface area contributed by atoms with E-state index in [0.717, 1.165) is 41.8 Å². The SMILES string of the molecule is Cc1ccc(C(N)=O)cc1Nc1nc(NCCC2CCCN2)nc2c1cnn2-c1ccccc1. The molecule has 2 aromatic carbocycles. The zero-order valence-electron chi connectivity index (χ0n) is 19.1. The van der Waals surface area contributed by atoms with Gasteiger partial charge in [0.15, 0.2) is 5.65 Å². The first kappa shape index (κ1) is 21.8. The Kier molecular flexibility index (Phi) is 6.09. The van der Waals surface area contributed by atoms with Gasteiger partial charge >= 0.3 is 0 Å². The monoisotopic (exact) mass is 456 g/mol. The number of primary amides is 1. The fourth-order valence-corrected chi connectivity index (χ4v) is 4.24. The van der Waals surface area contributed by atoms with Crippen LogP contribution >= 0.6 is 0 Å². The fourth-order valence-electron chi connectivity index (χ4n) is 4.24. The van der Waals surface area contributed by atoms with E-state index < -0.39 is 5.91 Å². The molecule has 2 aromatic heterocycles. The van der Waals surface area contributed by atoms with Gasteiger partial charge in [-0.15, -0.1) is 0 Å². The van der Waals surface area contributed by atoms with Crippen molar-refractivity contribution in [2.24, 2.45) is 5.73 Å². The molecule has 1 saturated heterocycles. The molecule has 0 aliphatic carbocycles. The molecule has 5 N–H and O–H groups in total. The smallest absolute Gasteiger partial charge is 0.248 e. The lowest BCUT2D eigenvalue weighted by atomic mass is 10.1. The maximum absolute atomic E-state index is 11.7. The van der Waals surface area contributed by atoms with Gasteiger partial charge in [-0.2, -0.15) is 15.1 Å². The molecule has 0 saturated carbocycles. The summed E-state index contributed by atoms with van der Waals surface area (Å²) in [4.78, 5) is 21.3. The van der Waals surface area contributed by atoms with Gasteiger partial charge in [0, 0.05) is 23.8 Å². The summed E-state index contributed by atoms with van der Waals surface area (Å²) < 4.78 is 1.80. The van der Waals surface area contributed by atoms with Crippen molar-refractivity contribution in [3.63, 3.8) is 0 Å². The van der Waals surface area contributed by atoms with Crippen LogP contribution in [-0.4, -0.2) is 44.8 Å². The molecule has 1 unspecified atom stereocenters. The number of anilines is 3. The van der Waals surface area contributed by atoms with E-state index in [9.17, 15) is 4.79 Å². The van der Waals surface area contributed by atoms with E-state index >= 15 is 0 Å². The number of nitrogens with one attached hydrogen (secondary N) is 3. The number of aryl methyl sites for hydroxylation is 1. The Balaban J connectivity index is 1.52. The number of hydrogen-bond donors (Lipinski definition) is 4. The molecule has 0 spiro atoms. The Hall–Kier alpha value is -3.98. The Labute approximate surface area is 197 Å². The predicted octanol–water partition coefficient (Wildman–Crippen LogP) is 3.52. The maximum Gasteiger partial charge on any atom is 0.248 e. The van der Waals surface area contributed by atoms with E-state index in [-0.39, 0.29) is 0 Å². The molecule has 174 valence electrons. The first-order valence-electron chi connectivity index (χ1n) is 11.5. The van der Waals surface area contributed by atoms with Crippen molar-refractivity contribution in [3.8, 4) is 5.69 Å². The minimum Gasteiger partial charge on any atom is -0.366 e. The first-order valence-corrected chi connectivity index (χ1v) is 11.5. The number of benzene rings is 2. The topological polar surface area (TPSA) is 123 Å². The summed E-state index contributed by atoms with van der Waals surface area (Å²) in [7, 11) is 0. The summed E-state index contributed by atoms with van der Waals surface area (Å²) in [5.74, 6) is 0.656. The molecule has 34 heavy (non-hydrogen) atoms. The zero-order valence-corrected chi connectivity index (χ0v) is 19.1. The summed E-state index contributed by atoms with van der Waals surface area (Å²) >= 11 is 0. The van der Waals surface area contributed by atoms with Crippen molar-refractivity contribution >= 4 is 34.4 Å². The van der Waals surface area contributed by atoms with Crippen LogP contribution in [-0.2, 0) is 0 Å². The highest BCUT2D eigenvalue weighted by molar-refractivity contribution is 5.95. The molecule has 9 nitrogen and oxygen atoms in total. The maximum atomic E-state index is 11.7. The Morgan fingerprint density at radius 1 is 1.21 bits per heavy atom. The van der Waals surface area contributed by atoms with E-state index in [4.69, 9.17) is 15.7 Å². The van der Waals surface area contributed by atoms with Gasteiger partial charge in [-0.05, 0) is 62.6 Å². The lowest BCUT2D eigenvalue weighted by molar-refractivity contribution is 0.100. The average Bonchev–Trinajstić information content (AvgIpc) is 3.51. The van der Waals surface area contributed by atoms with E-state index in [1.807, 2.05) is 43.3 Å². The van der Waals surface area contributed by atoms with Crippen molar-refractivity contribution in [1.82, 2.24) is 25.1 Å². The molecule has 9 heteroatoms. The summed E-state index contributed by atoms with van der Waals surface area (Å²) in [6.45, 7) is 3.81. The number of fused-ring (bicyclic) bond motifs is 1. The van der Waals surface area contributed by atoms with Crippen LogP contribution < -0.4 is 21.7 Å². The van der Waals surface area contributed by atoms with Crippen molar-refractivity contribution in [2.75, 3.05) is 23.7 Å². The van der Waals surface area contributed by atoms with E-state index in [1.165, 1.54) is 12.8 Å². The van der Waals surface area contributed by atoms with Gasteiger partial charge in [0.2, 0.25) is 11.9 Å². The fraction of sp³-hybridized carbons (Fsp3) is 0.280. The number of rotatable bonds is 8. The van der Waals surface area contributed by atoms with Crippen molar-refractivity contribution in [2.45, 2.75) is 32.2 Å². The number of nitrogens with zero attached hydrogens (tertiary/aromatic N) is 4. The van der Waals surface area contributed by atoms with Crippen LogP contribution in [0.2, 0.25) is 0 Å². The van der Waals surface area contributed by atoms with E-state index in [0.29, 0.717) is 29.0 Å². The molecular formula is C25H28N8O. The van der Waals surface area contributed by atoms with Gasteiger partial charge < -0.3 is 21.7 Å². The molecule has 1 aliphatic rings. The second kappa shape index (κ2) is 9.48. The van der Waals surface area contributed by atoms with Crippen LogP contribution in [0, 0.1) is 6.92 Å². The third-order valence-corrected chi connectivity index (χ3v) is 6.14. The van der Waals surface area contributed by atoms with Crippen LogP contribution in [0.3, 0.4) is 0 Å². The predicted molar refractivity (Wildman–Crippen MR) is 134 cm³/mol. The van der Waals surface area contributed by atoms with Crippen molar-refractivity contribution in [3.05, 3.63) is 65.9 Å². The zero-order chi connectivity index (χ0) is 23.5. The molecule has 3 heterocycles. The number of nitrogens with two attached hydrogens (primary N) is 1. The van der Waals surface area contributed by atoms with Gasteiger partial charge in [0.25, 0.3) is 0 Å². The second-order valence-electron chi connectivity index (χ2n) is 8.55. The molecule has 1 aliphatic heterocycles. The summed E-state index contributed by atoms with van der Waals surface area (Å²) in [6.07, 6.45) is 5.18. The summed E-state index contributed by atoms with van der Waals surface area (Å²) in [5.41, 5.74) is 9.25. The van der Waals surface area contributed by atoms with E-state index in [1.54, 1.807) is 23.0 Å².